The molecular weight excluding hydrogens is 492 g/mol. The van der Waals surface area contributed by atoms with Crippen molar-refractivity contribution in [3.63, 3.8) is 0 Å². The first-order chi connectivity index (χ1) is 18.0. The van der Waals surface area contributed by atoms with E-state index >= 15 is 0 Å². The summed E-state index contributed by atoms with van der Waals surface area (Å²) in [5, 5.41) is 26.7. The van der Waals surface area contributed by atoms with Crippen LogP contribution < -0.4 is 14.8 Å². The van der Waals surface area contributed by atoms with E-state index in [4.69, 9.17) is 4.74 Å². The third kappa shape index (κ3) is 4.79. The Labute approximate surface area is 219 Å². The van der Waals surface area contributed by atoms with E-state index in [0.29, 0.717) is 16.0 Å². The summed E-state index contributed by atoms with van der Waals surface area (Å²) in [6.45, 7) is 6.82. The van der Waals surface area contributed by atoms with Crippen molar-refractivity contribution in [3.05, 3.63) is 87.9 Å². The van der Waals surface area contributed by atoms with E-state index < -0.39 is 11.8 Å². The molecule has 0 aliphatic heterocycles. The molecule has 0 saturated heterocycles. The number of carbonyl (C=O) groups excluding carboxylic acids is 1. The molecule has 0 spiro atoms. The van der Waals surface area contributed by atoms with Crippen molar-refractivity contribution in [3.8, 4) is 34.0 Å². The van der Waals surface area contributed by atoms with Gasteiger partial charge in [0.15, 0.2) is 5.69 Å². The number of aromatic nitrogens is 2. The molecule has 0 atom stereocenters. The van der Waals surface area contributed by atoms with E-state index in [2.05, 4.69) is 10.3 Å². The number of ether oxygens (including phenoxy) is 1. The van der Waals surface area contributed by atoms with Crippen LogP contribution in [0, 0.1) is 26.0 Å². The fourth-order valence-corrected chi connectivity index (χ4v) is 4.57. The summed E-state index contributed by atoms with van der Waals surface area (Å²) in [6, 6.07) is 14.3. The highest BCUT2D eigenvalue weighted by Crippen LogP contribution is 2.41. The standard InChI is InChI=1S/C29H29F2N3O4/c1-6-29(30,31)19-11-8-12-20(13-19)33-28(36)26-18(4)32-27(34(26)37)21-14-22(24(38-5)15-23(21)35)25-16(2)9-7-10-17(25)3/h7-15,32,35H,6H2,1-5H3,(H,33,36). The largest absolute Gasteiger partial charge is 0.710 e. The predicted molar refractivity (Wildman–Crippen MR) is 142 cm³/mol. The van der Waals surface area contributed by atoms with Crippen LogP contribution in [-0.2, 0) is 5.92 Å². The van der Waals surface area contributed by atoms with E-state index in [1.54, 1.807) is 13.0 Å². The number of alkyl halides is 2. The Hall–Kier alpha value is -4.40. The second-order valence-corrected chi connectivity index (χ2v) is 9.17. The van der Waals surface area contributed by atoms with E-state index in [-0.39, 0.29) is 46.2 Å². The Morgan fingerprint density at radius 1 is 1.08 bits per heavy atom. The van der Waals surface area contributed by atoms with Gasteiger partial charge in [-0.05, 0) is 48.7 Å². The van der Waals surface area contributed by atoms with Crippen molar-refractivity contribution < 1.29 is 28.1 Å². The molecule has 0 aliphatic carbocycles. The van der Waals surface area contributed by atoms with Gasteiger partial charge >= 0.3 is 0 Å². The van der Waals surface area contributed by atoms with Crippen LogP contribution in [0.25, 0.3) is 22.5 Å². The van der Waals surface area contributed by atoms with Gasteiger partial charge in [0.05, 0.1) is 7.11 Å². The number of phenols is 1. The maximum Gasteiger partial charge on any atom is 0.300 e. The number of rotatable bonds is 7. The number of phenolic OH excluding ortho intramolecular Hbond substituents is 1. The molecule has 3 N–H and O–H groups in total. The highest BCUT2D eigenvalue weighted by Gasteiger charge is 2.31. The molecule has 0 bridgehead atoms. The molecule has 4 rings (SSSR count). The third-order valence-corrected chi connectivity index (χ3v) is 6.59. The van der Waals surface area contributed by atoms with Gasteiger partial charge in [0, 0.05) is 36.2 Å². The summed E-state index contributed by atoms with van der Waals surface area (Å²) >= 11 is 0. The van der Waals surface area contributed by atoms with Gasteiger partial charge in [-0.1, -0.05) is 37.3 Å². The van der Waals surface area contributed by atoms with Crippen LogP contribution in [0.5, 0.6) is 11.5 Å². The summed E-state index contributed by atoms with van der Waals surface area (Å²) in [6.07, 6.45) is -0.388. The van der Waals surface area contributed by atoms with E-state index in [9.17, 15) is 23.9 Å². The van der Waals surface area contributed by atoms with Crippen LogP contribution in [0.3, 0.4) is 0 Å². The number of hydrogen-bond acceptors (Lipinski definition) is 4. The number of aromatic hydroxyl groups is 1. The summed E-state index contributed by atoms with van der Waals surface area (Å²) in [5.41, 5.74) is 3.58. The number of methoxy groups -OCH3 is 1. The molecule has 1 amide bonds. The number of anilines is 1. The van der Waals surface area contributed by atoms with Gasteiger partial charge in [0.2, 0.25) is 5.69 Å². The Morgan fingerprint density at radius 3 is 2.37 bits per heavy atom. The van der Waals surface area contributed by atoms with Crippen molar-refractivity contribution in [1.82, 2.24) is 4.98 Å². The lowest BCUT2D eigenvalue weighted by atomic mass is 9.93. The molecule has 1 aromatic heterocycles. The highest BCUT2D eigenvalue weighted by molar-refractivity contribution is 6.03. The fraction of sp³-hybridized carbons (Fsp3) is 0.241. The summed E-state index contributed by atoms with van der Waals surface area (Å²) in [7, 11) is 1.49. The summed E-state index contributed by atoms with van der Waals surface area (Å²) < 4.78 is 34.2. The molecular formula is C29H29F2N3O4. The number of halogens is 2. The van der Waals surface area contributed by atoms with Crippen molar-refractivity contribution in [1.29, 1.82) is 0 Å². The molecule has 38 heavy (non-hydrogen) atoms. The molecule has 0 radical (unpaired) electrons. The van der Waals surface area contributed by atoms with Crippen molar-refractivity contribution in [2.24, 2.45) is 0 Å². The van der Waals surface area contributed by atoms with Gasteiger partial charge in [-0.15, -0.1) is 0 Å². The van der Waals surface area contributed by atoms with Gasteiger partial charge in [0.25, 0.3) is 17.7 Å². The number of H-pyrrole nitrogens is 1. The first-order valence-electron chi connectivity index (χ1n) is 12.1. The zero-order chi connectivity index (χ0) is 27.8. The Bertz CT molecular complexity index is 1510. The maximum absolute atomic E-state index is 14.1. The lowest BCUT2D eigenvalue weighted by Crippen LogP contribution is -2.36. The number of amides is 1. The number of hydrogen-bond donors (Lipinski definition) is 3. The average molecular weight is 522 g/mol. The topological polar surface area (TPSA) is 101 Å². The Morgan fingerprint density at radius 2 is 1.74 bits per heavy atom. The number of nitrogens with zero attached hydrogens (tertiary/aromatic N) is 1. The molecule has 198 valence electrons. The summed E-state index contributed by atoms with van der Waals surface area (Å²) in [5.74, 6) is -3.67. The van der Waals surface area contributed by atoms with Gasteiger partial charge in [-0.25, -0.2) is 18.5 Å². The molecule has 0 unspecified atom stereocenters. The molecule has 0 aliphatic rings. The second kappa shape index (κ2) is 10.2. The van der Waals surface area contributed by atoms with Crippen molar-refractivity contribution in [2.75, 3.05) is 12.4 Å². The molecule has 4 aromatic rings. The minimum Gasteiger partial charge on any atom is -0.710 e. The minimum absolute atomic E-state index is 0.0495. The molecule has 0 fully saturated rings. The first kappa shape index (κ1) is 26.7. The smallest absolute Gasteiger partial charge is 0.300 e. The monoisotopic (exact) mass is 521 g/mol. The fourth-order valence-electron chi connectivity index (χ4n) is 4.57. The normalized spacial score (nSPS) is 11.4. The van der Waals surface area contributed by atoms with Crippen molar-refractivity contribution in [2.45, 2.75) is 40.0 Å². The van der Waals surface area contributed by atoms with E-state index in [1.807, 2.05) is 32.0 Å². The lowest BCUT2D eigenvalue weighted by molar-refractivity contribution is -0.594. The van der Waals surface area contributed by atoms with Gasteiger partial charge in [-0.2, -0.15) is 0 Å². The quantitative estimate of drug-likeness (QED) is 0.194. The first-order valence-corrected chi connectivity index (χ1v) is 12.1. The summed E-state index contributed by atoms with van der Waals surface area (Å²) in [4.78, 5) is 16.0. The molecule has 9 heteroatoms. The van der Waals surface area contributed by atoms with Crippen LogP contribution in [0.15, 0.2) is 54.6 Å². The van der Waals surface area contributed by atoms with Crippen LogP contribution in [0.1, 0.15) is 46.2 Å². The number of carbonyl (C=O) groups is 1. The second-order valence-electron chi connectivity index (χ2n) is 9.17. The Kier molecular flexibility index (Phi) is 7.13. The SMILES string of the molecule is CCC(F)(F)c1cccc(NC(=O)c2c(C)[nH]c(-c3cc(-c4c(C)cccc4C)c(OC)cc3O)[n+]2[O-])c1. The zero-order valence-corrected chi connectivity index (χ0v) is 21.8. The number of imidazole rings is 1. The Balaban J connectivity index is 1.76. The number of benzene rings is 3. The number of aryl methyl sites for hydroxylation is 3. The molecule has 1 heterocycles. The van der Waals surface area contributed by atoms with Crippen LogP contribution >= 0.6 is 0 Å². The number of aromatic amines is 1. The molecule has 0 saturated carbocycles. The van der Waals surface area contributed by atoms with Crippen LogP contribution in [-0.4, -0.2) is 23.1 Å². The van der Waals surface area contributed by atoms with Gasteiger partial charge < -0.3 is 20.4 Å². The third-order valence-electron chi connectivity index (χ3n) is 6.59. The van der Waals surface area contributed by atoms with E-state index in [0.717, 1.165) is 16.7 Å². The maximum atomic E-state index is 14.1. The molecule has 3 aromatic carbocycles. The highest BCUT2D eigenvalue weighted by atomic mass is 19.3. The average Bonchev–Trinajstić information content (AvgIpc) is 3.17. The predicted octanol–water partition coefficient (Wildman–Crippen LogP) is 6.38. The lowest BCUT2D eigenvalue weighted by Gasteiger charge is -2.16. The van der Waals surface area contributed by atoms with Crippen molar-refractivity contribution >= 4 is 11.6 Å². The number of nitrogens with one attached hydrogen (secondary N) is 2. The minimum atomic E-state index is -3.05. The van der Waals surface area contributed by atoms with Gasteiger partial charge in [-0.3, -0.25) is 4.79 Å². The van der Waals surface area contributed by atoms with Crippen LogP contribution in [0.4, 0.5) is 14.5 Å². The zero-order valence-electron chi connectivity index (χ0n) is 21.8. The molecule has 7 nitrogen and oxygen atoms in total. The van der Waals surface area contributed by atoms with Gasteiger partial charge in [0.1, 0.15) is 17.1 Å². The van der Waals surface area contributed by atoms with E-state index in [1.165, 1.54) is 44.4 Å². The van der Waals surface area contributed by atoms with Crippen LogP contribution in [0.2, 0.25) is 0 Å².